The van der Waals surface area contributed by atoms with Crippen LogP contribution in [0, 0.1) is 23.1 Å². The smallest absolute Gasteiger partial charge is 0.143 e. The third-order valence-corrected chi connectivity index (χ3v) is 7.15. The van der Waals surface area contributed by atoms with Crippen molar-refractivity contribution >= 4 is 23.1 Å². The number of nitrogens with zero attached hydrogens (tertiary/aromatic N) is 3. The number of nitriles is 1. The quantitative estimate of drug-likeness (QED) is 0.393. The van der Waals surface area contributed by atoms with Crippen molar-refractivity contribution in [2.75, 3.05) is 44.0 Å². The number of pyridine rings is 2. The number of anilines is 2. The van der Waals surface area contributed by atoms with Crippen LogP contribution < -0.4 is 16.0 Å². The largest absolute Gasteiger partial charge is 0.383 e. The second-order valence-electron chi connectivity index (χ2n) is 9.46. The van der Waals surface area contributed by atoms with Crippen LogP contribution >= 0.6 is 11.6 Å². The summed E-state index contributed by atoms with van der Waals surface area (Å²) < 4.78 is 25.0. The fourth-order valence-electron chi connectivity index (χ4n) is 4.87. The van der Waals surface area contributed by atoms with Gasteiger partial charge in [-0.3, -0.25) is 4.98 Å². The van der Waals surface area contributed by atoms with Crippen molar-refractivity contribution in [2.24, 2.45) is 5.92 Å². The maximum Gasteiger partial charge on any atom is 0.143 e. The summed E-state index contributed by atoms with van der Waals surface area (Å²) in [6.07, 6.45) is 8.32. The first-order valence-electron chi connectivity index (χ1n) is 12.6. The summed E-state index contributed by atoms with van der Waals surface area (Å²) in [6, 6.07) is 6.44. The molecule has 3 N–H and O–H groups in total. The van der Waals surface area contributed by atoms with E-state index in [-0.39, 0.29) is 12.0 Å². The minimum atomic E-state index is -0.444. The standard InChI is InChI=1S/C26H34ClFN6O2/c1-35-9-7-30-19-2-4-20(5-3-19)34-25-12-22(23(27)16-32-25)26-24(11-18(28)14-33-26)31-15-21-10-17(13-29)6-8-36-21/h11-12,14,16-17,19-21,30-31H,2-10,15H2,1H3,(H,32,34). The van der Waals surface area contributed by atoms with Gasteiger partial charge in [-0.15, -0.1) is 0 Å². The van der Waals surface area contributed by atoms with Gasteiger partial charge in [0.15, 0.2) is 0 Å². The van der Waals surface area contributed by atoms with Crippen LogP contribution in [0.25, 0.3) is 11.3 Å². The molecule has 194 valence electrons. The minimum Gasteiger partial charge on any atom is -0.383 e. The van der Waals surface area contributed by atoms with Crippen molar-refractivity contribution in [1.29, 1.82) is 5.26 Å². The van der Waals surface area contributed by atoms with E-state index in [2.05, 4.69) is 32.0 Å². The first-order chi connectivity index (χ1) is 17.6. The average molecular weight is 517 g/mol. The van der Waals surface area contributed by atoms with Crippen molar-refractivity contribution < 1.29 is 13.9 Å². The molecule has 2 fully saturated rings. The van der Waals surface area contributed by atoms with Crippen LogP contribution in [-0.2, 0) is 9.47 Å². The Bertz CT molecular complexity index is 1040. The molecule has 0 bridgehead atoms. The van der Waals surface area contributed by atoms with Crippen LogP contribution in [0.3, 0.4) is 0 Å². The molecule has 10 heteroatoms. The second-order valence-corrected chi connectivity index (χ2v) is 9.87. The van der Waals surface area contributed by atoms with Gasteiger partial charge in [0.1, 0.15) is 11.6 Å². The molecule has 1 aliphatic carbocycles. The van der Waals surface area contributed by atoms with E-state index in [1.165, 1.54) is 12.3 Å². The van der Waals surface area contributed by atoms with Crippen molar-refractivity contribution in [3.63, 3.8) is 0 Å². The lowest BCUT2D eigenvalue weighted by Gasteiger charge is -2.30. The van der Waals surface area contributed by atoms with Crippen LogP contribution in [0.5, 0.6) is 0 Å². The zero-order valence-corrected chi connectivity index (χ0v) is 21.4. The van der Waals surface area contributed by atoms with E-state index in [0.717, 1.165) is 51.1 Å². The fourth-order valence-corrected chi connectivity index (χ4v) is 5.06. The van der Waals surface area contributed by atoms with Crippen molar-refractivity contribution in [1.82, 2.24) is 15.3 Å². The normalized spacial score (nSPS) is 24.2. The summed E-state index contributed by atoms with van der Waals surface area (Å²) in [5.41, 5.74) is 1.75. The van der Waals surface area contributed by atoms with Crippen LogP contribution in [0.4, 0.5) is 15.9 Å². The number of rotatable bonds is 10. The Morgan fingerprint density at radius 3 is 2.75 bits per heavy atom. The second kappa shape index (κ2) is 13.2. The number of ether oxygens (including phenoxy) is 2. The van der Waals surface area contributed by atoms with Gasteiger partial charge in [-0.2, -0.15) is 5.26 Å². The number of aromatic nitrogens is 2. The topological polar surface area (TPSA) is 104 Å². The summed E-state index contributed by atoms with van der Waals surface area (Å²) in [6.45, 7) is 2.59. The number of hydrogen-bond donors (Lipinski definition) is 3. The fraction of sp³-hybridized carbons (Fsp3) is 0.577. The summed E-state index contributed by atoms with van der Waals surface area (Å²) >= 11 is 6.52. The molecule has 1 saturated carbocycles. The molecule has 1 saturated heterocycles. The van der Waals surface area contributed by atoms with Gasteiger partial charge in [-0.25, -0.2) is 9.37 Å². The third-order valence-electron chi connectivity index (χ3n) is 6.85. The lowest BCUT2D eigenvalue weighted by atomic mass is 9.91. The molecule has 1 aliphatic heterocycles. The third kappa shape index (κ3) is 7.26. The molecule has 4 rings (SSSR count). The van der Waals surface area contributed by atoms with E-state index in [0.29, 0.717) is 53.6 Å². The predicted molar refractivity (Wildman–Crippen MR) is 139 cm³/mol. The highest BCUT2D eigenvalue weighted by Crippen LogP contribution is 2.34. The molecule has 2 aromatic heterocycles. The lowest BCUT2D eigenvalue weighted by Crippen LogP contribution is -2.38. The molecule has 2 aliphatic rings. The van der Waals surface area contributed by atoms with Crippen LogP contribution in [0.15, 0.2) is 24.5 Å². The van der Waals surface area contributed by atoms with Gasteiger partial charge in [0, 0.05) is 56.7 Å². The molecule has 0 spiro atoms. The summed E-state index contributed by atoms with van der Waals surface area (Å²) in [5, 5.41) is 20.0. The zero-order chi connectivity index (χ0) is 25.3. The summed E-state index contributed by atoms with van der Waals surface area (Å²) in [7, 11) is 1.71. The van der Waals surface area contributed by atoms with Gasteiger partial charge >= 0.3 is 0 Å². The first-order valence-corrected chi connectivity index (χ1v) is 13.0. The Morgan fingerprint density at radius 1 is 1.17 bits per heavy atom. The summed E-state index contributed by atoms with van der Waals surface area (Å²) in [4.78, 5) is 8.82. The van der Waals surface area contributed by atoms with Gasteiger partial charge in [0.05, 0.1) is 47.3 Å². The van der Waals surface area contributed by atoms with Gasteiger partial charge in [0.25, 0.3) is 0 Å². The Labute approximate surface area is 216 Å². The number of hydrogen-bond acceptors (Lipinski definition) is 8. The highest BCUT2D eigenvalue weighted by Gasteiger charge is 2.24. The molecule has 36 heavy (non-hydrogen) atoms. The maximum absolute atomic E-state index is 14.1. The maximum atomic E-state index is 14.1. The molecular formula is C26H34ClFN6O2. The molecule has 2 atom stereocenters. The Morgan fingerprint density at radius 2 is 1.97 bits per heavy atom. The van der Waals surface area contributed by atoms with E-state index in [1.807, 2.05) is 6.07 Å². The Hall–Kier alpha value is -2.51. The molecule has 0 amide bonds. The highest BCUT2D eigenvalue weighted by atomic mass is 35.5. The van der Waals surface area contributed by atoms with Crippen LogP contribution in [0.1, 0.15) is 38.5 Å². The lowest BCUT2D eigenvalue weighted by molar-refractivity contribution is 0.0105. The minimum absolute atomic E-state index is 0.0184. The number of halogens is 2. The Balaban J connectivity index is 1.42. The van der Waals surface area contributed by atoms with E-state index >= 15 is 0 Å². The van der Waals surface area contributed by atoms with Gasteiger partial charge in [0.2, 0.25) is 0 Å². The average Bonchev–Trinajstić information content (AvgIpc) is 2.90. The molecule has 0 radical (unpaired) electrons. The van der Waals surface area contributed by atoms with E-state index in [9.17, 15) is 9.65 Å². The predicted octanol–water partition coefficient (Wildman–Crippen LogP) is 4.63. The zero-order valence-electron chi connectivity index (χ0n) is 20.6. The SMILES string of the molecule is COCCNC1CCC(Nc2cc(-c3ncc(F)cc3NCC3CC(C#N)CCO3)c(Cl)cn2)CC1. The Kier molecular flexibility index (Phi) is 9.70. The van der Waals surface area contributed by atoms with Gasteiger partial charge in [-0.05, 0) is 44.6 Å². The van der Waals surface area contributed by atoms with Crippen LogP contribution in [0.2, 0.25) is 5.02 Å². The van der Waals surface area contributed by atoms with Crippen LogP contribution in [-0.4, -0.2) is 61.6 Å². The molecule has 2 unspecified atom stereocenters. The van der Waals surface area contributed by atoms with E-state index < -0.39 is 5.82 Å². The molecular weight excluding hydrogens is 483 g/mol. The van der Waals surface area contributed by atoms with Gasteiger partial charge in [-0.1, -0.05) is 11.6 Å². The molecule has 0 aromatic carbocycles. The monoisotopic (exact) mass is 516 g/mol. The number of methoxy groups -OCH3 is 1. The van der Waals surface area contributed by atoms with Crippen molar-refractivity contribution in [3.8, 4) is 17.3 Å². The summed E-state index contributed by atoms with van der Waals surface area (Å²) in [5.74, 6) is 0.255. The van der Waals surface area contributed by atoms with E-state index in [4.69, 9.17) is 21.1 Å². The van der Waals surface area contributed by atoms with Gasteiger partial charge < -0.3 is 25.4 Å². The van der Waals surface area contributed by atoms with E-state index in [1.54, 1.807) is 13.3 Å². The van der Waals surface area contributed by atoms with Crippen molar-refractivity contribution in [3.05, 3.63) is 35.4 Å². The first kappa shape index (κ1) is 26.6. The number of nitrogens with one attached hydrogen (secondary N) is 3. The highest BCUT2D eigenvalue weighted by molar-refractivity contribution is 6.33. The molecule has 2 aromatic rings. The molecule has 3 heterocycles. The van der Waals surface area contributed by atoms with Crippen molar-refractivity contribution in [2.45, 2.75) is 56.7 Å². The molecule has 8 nitrogen and oxygen atoms in total.